The van der Waals surface area contributed by atoms with E-state index in [9.17, 15) is 0 Å². The monoisotopic (exact) mass is 317 g/mol. The zero-order valence-corrected chi connectivity index (χ0v) is 13.3. The second kappa shape index (κ2) is 6.36. The molecule has 0 radical (unpaired) electrons. The first-order valence-electron chi connectivity index (χ1n) is 6.59. The van der Waals surface area contributed by atoms with Crippen LogP contribution in [-0.4, -0.2) is 7.05 Å². The second-order valence-electron chi connectivity index (χ2n) is 4.96. The van der Waals surface area contributed by atoms with E-state index in [-0.39, 0.29) is 0 Å². The van der Waals surface area contributed by atoms with Crippen LogP contribution in [0.2, 0.25) is 0 Å². The van der Waals surface area contributed by atoms with Gasteiger partial charge in [-0.2, -0.15) is 0 Å². The molecular formula is C17H20BrN. The lowest BCUT2D eigenvalue weighted by atomic mass is 9.93. The Morgan fingerprint density at radius 1 is 1.11 bits per heavy atom. The summed E-state index contributed by atoms with van der Waals surface area (Å²) in [5.41, 5.74) is 5.47. The molecule has 2 aromatic rings. The van der Waals surface area contributed by atoms with Crippen molar-refractivity contribution in [3.05, 3.63) is 69.2 Å². The summed E-state index contributed by atoms with van der Waals surface area (Å²) in [5.74, 6) is 0. The minimum atomic E-state index is 0.356. The predicted molar refractivity (Wildman–Crippen MR) is 85.6 cm³/mol. The second-order valence-corrected chi connectivity index (χ2v) is 5.88. The molecule has 1 atom stereocenters. The molecule has 1 nitrogen and oxygen atoms in total. The maximum atomic E-state index is 3.54. The number of hydrogen-bond acceptors (Lipinski definition) is 1. The van der Waals surface area contributed by atoms with Gasteiger partial charge in [-0.3, -0.25) is 0 Å². The summed E-state index contributed by atoms with van der Waals surface area (Å²) >= 11 is 3.54. The van der Waals surface area contributed by atoms with Crippen LogP contribution in [0.1, 0.15) is 28.3 Å². The number of hydrogen-bond donors (Lipinski definition) is 1. The smallest absolute Gasteiger partial charge is 0.0361 e. The van der Waals surface area contributed by atoms with Crippen LogP contribution in [0.15, 0.2) is 46.9 Å². The van der Waals surface area contributed by atoms with Crippen LogP contribution in [0.3, 0.4) is 0 Å². The van der Waals surface area contributed by atoms with Crippen molar-refractivity contribution < 1.29 is 0 Å². The van der Waals surface area contributed by atoms with E-state index in [0.29, 0.717) is 6.04 Å². The molecule has 0 heterocycles. The van der Waals surface area contributed by atoms with Crippen molar-refractivity contribution in [2.24, 2.45) is 0 Å². The molecule has 19 heavy (non-hydrogen) atoms. The normalized spacial score (nSPS) is 12.4. The van der Waals surface area contributed by atoms with Crippen LogP contribution in [0.5, 0.6) is 0 Å². The van der Waals surface area contributed by atoms with Gasteiger partial charge in [-0.05, 0) is 61.7 Å². The van der Waals surface area contributed by atoms with Gasteiger partial charge in [-0.15, -0.1) is 0 Å². The minimum Gasteiger partial charge on any atom is -0.313 e. The van der Waals surface area contributed by atoms with E-state index < -0.39 is 0 Å². The van der Waals surface area contributed by atoms with Crippen molar-refractivity contribution in [3.63, 3.8) is 0 Å². The first kappa shape index (κ1) is 14.3. The Morgan fingerprint density at radius 2 is 1.84 bits per heavy atom. The standard InChI is InChI=1S/C17H20BrN/c1-12-6-4-9-16(13(12)2)17(19-3)11-14-7-5-8-15(18)10-14/h4-10,17,19H,11H2,1-3H3. The number of likely N-dealkylation sites (N-methyl/N-ethyl adjacent to an activating group) is 1. The highest BCUT2D eigenvalue weighted by Gasteiger charge is 2.13. The van der Waals surface area contributed by atoms with Gasteiger partial charge < -0.3 is 5.32 Å². The highest BCUT2D eigenvalue weighted by molar-refractivity contribution is 9.10. The lowest BCUT2D eigenvalue weighted by molar-refractivity contribution is 0.588. The van der Waals surface area contributed by atoms with E-state index in [4.69, 9.17) is 0 Å². The summed E-state index contributed by atoms with van der Waals surface area (Å²) in [6, 6.07) is 15.4. The predicted octanol–water partition coefficient (Wildman–Crippen LogP) is 4.57. The fourth-order valence-corrected chi connectivity index (χ4v) is 2.87. The van der Waals surface area contributed by atoms with Gasteiger partial charge in [0.2, 0.25) is 0 Å². The average Bonchev–Trinajstić information content (AvgIpc) is 2.40. The summed E-state index contributed by atoms with van der Waals surface area (Å²) in [6.07, 6.45) is 1.00. The van der Waals surface area contributed by atoms with E-state index >= 15 is 0 Å². The van der Waals surface area contributed by atoms with Gasteiger partial charge in [-0.1, -0.05) is 46.3 Å². The summed E-state index contributed by atoms with van der Waals surface area (Å²) in [7, 11) is 2.03. The molecule has 0 saturated heterocycles. The van der Waals surface area contributed by atoms with Crippen molar-refractivity contribution in [2.75, 3.05) is 7.05 Å². The van der Waals surface area contributed by atoms with Gasteiger partial charge in [-0.25, -0.2) is 0 Å². The van der Waals surface area contributed by atoms with Crippen molar-refractivity contribution >= 4 is 15.9 Å². The largest absolute Gasteiger partial charge is 0.313 e. The van der Waals surface area contributed by atoms with E-state index in [1.54, 1.807) is 0 Å². The van der Waals surface area contributed by atoms with Gasteiger partial charge in [0.15, 0.2) is 0 Å². The van der Waals surface area contributed by atoms with Crippen molar-refractivity contribution in [1.29, 1.82) is 0 Å². The summed E-state index contributed by atoms with van der Waals surface area (Å²) in [4.78, 5) is 0. The molecule has 1 unspecified atom stereocenters. The number of nitrogens with one attached hydrogen (secondary N) is 1. The number of rotatable bonds is 4. The highest BCUT2D eigenvalue weighted by Crippen LogP contribution is 2.24. The molecule has 2 aromatic carbocycles. The van der Waals surface area contributed by atoms with Crippen molar-refractivity contribution in [3.8, 4) is 0 Å². The van der Waals surface area contributed by atoms with Crippen LogP contribution in [0, 0.1) is 13.8 Å². The zero-order valence-electron chi connectivity index (χ0n) is 11.7. The fourth-order valence-electron chi connectivity index (χ4n) is 2.42. The molecule has 2 rings (SSSR count). The van der Waals surface area contributed by atoms with Crippen LogP contribution >= 0.6 is 15.9 Å². The molecule has 0 spiro atoms. The van der Waals surface area contributed by atoms with E-state index in [2.05, 4.69) is 77.6 Å². The molecule has 0 bridgehead atoms. The maximum Gasteiger partial charge on any atom is 0.0361 e. The van der Waals surface area contributed by atoms with Crippen molar-refractivity contribution in [1.82, 2.24) is 5.32 Å². The third kappa shape index (κ3) is 3.46. The van der Waals surface area contributed by atoms with Gasteiger partial charge >= 0.3 is 0 Å². The van der Waals surface area contributed by atoms with Gasteiger partial charge in [0.05, 0.1) is 0 Å². The Hall–Kier alpha value is -1.12. The van der Waals surface area contributed by atoms with Crippen LogP contribution in [-0.2, 0) is 6.42 Å². The van der Waals surface area contributed by atoms with Crippen LogP contribution < -0.4 is 5.32 Å². The van der Waals surface area contributed by atoms with Gasteiger partial charge in [0, 0.05) is 10.5 Å². The third-order valence-electron chi connectivity index (χ3n) is 3.70. The van der Waals surface area contributed by atoms with Crippen LogP contribution in [0.25, 0.3) is 0 Å². The Balaban J connectivity index is 2.28. The molecule has 100 valence electrons. The number of halogens is 1. The van der Waals surface area contributed by atoms with Gasteiger partial charge in [0.1, 0.15) is 0 Å². The van der Waals surface area contributed by atoms with E-state index in [1.807, 2.05) is 7.05 Å². The molecule has 1 N–H and O–H groups in total. The first-order valence-corrected chi connectivity index (χ1v) is 7.39. The molecular weight excluding hydrogens is 298 g/mol. The Bertz CT molecular complexity index is 563. The topological polar surface area (TPSA) is 12.0 Å². The minimum absolute atomic E-state index is 0.356. The Kier molecular flexibility index (Phi) is 4.78. The van der Waals surface area contributed by atoms with Gasteiger partial charge in [0.25, 0.3) is 0 Å². The highest BCUT2D eigenvalue weighted by atomic mass is 79.9. The SMILES string of the molecule is CNC(Cc1cccc(Br)c1)c1cccc(C)c1C. The molecule has 0 fully saturated rings. The van der Waals surface area contributed by atoms with Crippen molar-refractivity contribution in [2.45, 2.75) is 26.3 Å². The lowest BCUT2D eigenvalue weighted by Crippen LogP contribution is -2.20. The molecule has 0 aromatic heterocycles. The third-order valence-corrected chi connectivity index (χ3v) is 4.19. The molecule has 0 amide bonds. The Labute approximate surface area is 124 Å². The van der Waals surface area contributed by atoms with E-state index in [0.717, 1.165) is 10.9 Å². The molecule has 0 aliphatic rings. The fraction of sp³-hybridized carbons (Fsp3) is 0.294. The van der Waals surface area contributed by atoms with E-state index in [1.165, 1.54) is 22.3 Å². The first-order chi connectivity index (χ1) is 9.11. The summed E-state index contributed by atoms with van der Waals surface area (Å²) in [5, 5.41) is 3.44. The van der Waals surface area contributed by atoms with Crippen LogP contribution in [0.4, 0.5) is 0 Å². The molecule has 0 aliphatic heterocycles. The molecule has 0 saturated carbocycles. The number of aryl methyl sites for hydroxylation is 1. The summed E-state index contributed by atoms with van der Waals surface area (Å²) < 4.78 is 1.14. The molecule has 2 heteroatoms. The molecule has 0 aliphatic carbocycles. The maximum absolute atomic E-state index is 3.54. The Morgan fingerprint density at radius 3 is 2.53 bits per heavy atom. The zero-order chi connectivity index (χ0) is 13.8. The lowest BCUT2D eigenvalue weighted by Gasteiger charge is -2.20. The number of benzene rings is 2. The quantitative estimate of drug-likeness (QED) is 0.871. The average molecular weight is 318 g/mol. The summed E-state index contributed by atoms with van der Waals surface area (Å²) in [6.45, 7) is 4.38.